The maximum Gasteiger partial charge on any atom is 0.387 e. The van der Waals surface area contributed by atoms with Gasteiger partial charge in [0.1, 0.15) is 11.5 Å². The van der Waals surface area contributed by atoms with E-state index in [9.17, 15) is 13.6 Å². The number of carbonyl (C=O) groups is 1. The lowest BCUT2D eigenvalue weighted by atomic mass is 10.0. The zero-order valence-electron chi connectivity index (χ0n) is 17.7. The van der Waals surface area contributed by atoms with E-state index in [0.29, 0.717) is 45.4 Å². The van der Waals surface area contributed by atoms with Crippen molar-refractivity contribution in [1.29, 1.82) is 0 Å². The van der Waals surface area contributed by atoms with Gasteiger partial charge in [0.05, 0.1) is 7.11 Å². The van der Waals surface area contributed by atoms with Gasteiger partial charge in [0.25, 0.3) is 11.8 Å². The highest BCUT2D eigenvalue weighted by atomic mass is 19.3. The molecule has 0 fully saturated rings. The normalized spacial score (nSPS) is 10.8. The Morgan fingerprint density at radius 3 is 2.30 bits per heavy atom. The van der Waals surface area contributed by atoms with Crippen molar-refractivity contribution in [3.05, 3.63) is 78.1 Å². The van der Waals surface area contributed by atoms with Gasteiger partial charge in [-0.2, -0.15) is 13.8 Å². The van der Waals surface area contributed by atoms with Gasteiger partial charge in [0, 0.05) is 22.4 Å². The van der Waals surface area contributed by atoms with Gasteiger partial charge >= 0.3 is 6.61 Å². The second kappa shape index (κ2) is 9.47. The van der Waals surface area contributed by atoms with Crippen LogP contribution in [0.3, 0.4) is 0 Å². The summed E-state index contributed by atoms with van der Waals surface area (Å²) in [4.78, 5) is 16.9. The molecule has 0 aliphatic carbocycles. The minimum absolute atomic E-state index is 0.00707. The molecule has 33 heavy (non-hydrogen) atoms. The third-order valence-electron chi connectivity index (χ3n) is 4.78. The predicted octanol–water partition coefficient (Wildman–Crippen LogP) is 5.57. The van der Waals surface area contributed by atoms with E-state index in [1.165, 1.54) is 19.2 Å². The molecule has 0 aliphatic rings. The molecule has 7 nitrogen and oxygen atoms in total. The van der Waals surface area contributed by atoms with Crippen molar-refractivity contribution in [3.8, 4) is 34.1 Å². The van der Waals surface area contributed by atoms with Crippen LogP contribution in [0.25, 0.3) is 22.6 Å². The Morgan fingerprint density at radius 1 is 1.00 bits per heavy atom. The van der Waals surface area contributed by atoms with Crippen LogP contribution in [0.1, 0.15) is 16.2 Å². The fourth-order valence-electron chi connectivity index (χ4n) is 3.18. The number of aryl methyl sites for hydroxylation is 1. The number of methoxy groups -OCH3 is 1. The molecule has 1 heterocycles. The number of hydrogen-bond acceptors (Lipinski definition) is 6. The Labute approximate surface area is 188 Å². The third-order valence-corrected chi connectivity index (χ3v) is 4.78. The molecular weight excluding hydrogens is 432 g/mol. The maximum absolute atomic E-state index is 12.9. The molecule has 0 spiro atoms. The molecule has 0 radical (unpaired) electrons. The van der Waals surface area contributed by atoms with Gasteiger partial charge in [-0.15, -0.1) is 0 Å². The number of hydrogen-bond donors (Lipinski definition) is 1. The summed E-state index contributed by atoms with van der Waals surface area (Å²) >= 11 is 0. The molecule has 0 saturated heterocycles. The summed E-state index contributed by atoms with van der Waals surface area (Å²) in [6.45, 7) is -1.27. The van der Waals surface area contributed by atoms with E-state index in [4.69, 9.17) is 9.26 Å². The molecule has 0 bridgehead atoms. The number of halogens is 2. The average Bonchev–Trinajstić information content (AvgIpc) is 3.26. The number of alkyl halides is 2. The Morgan fingerprint density at radius 2 is 1.70 bits per heavy atom. The number of ether oxygens (including phenoxy) is 2. The minimum atomic E-state index is -2.98. The number of benzene rings is 3. The first-order chi connectivity index (χ1) is 15.9. The summed E-state index contributed by atoms with van der Waals surface area (Å²) < 4.78 is 40.7. The smallest absolute Gasteiger partial charge is 0.387 e. The quantitative estimate of drug-likeness (QED) is 0.395. The fraction of sp³-hybridized carbons (Fsp3) is 0.125. The highest BCUT2D eigenvalue weighted by Gasteiger charge is 2.15. The number of anilines is 1. The SMILES string of the molecule is COc1ccc(-c2cc(NC(=O)c3ccc(-c4nc(C)no4)cc3)ccc2OC(F)F)cc1. The lowest BCUT2D eigenvalue weighted by Crippen LogP contribution is -2.12. The highest BCUT2D eigenvalue weighted by Crippen LogP contribution is 2.34. The van der Waals surface area contributed by atoms with Crippen molar-refractivity contribution >= 4 is 11.6 Å². The van der Waals surface area contributed by atoms with E-state index in [0.717, 1.165) is 0 Å². The largest absolute Gasteiger partial charge is 0.497 e. The first kappa shape index (κ1) is 21.9. The first-order valence-corrected chi connectivity index (χ1v) is 9.88. The monoisotopic (exact) mass is 451 g/mol. The Kier molecular flexibility index (Phi) is 6.30. The van der Waals surface area contributed by atoms with Crippen LogP contribution in [0.4, 0.5) is 14.5 Å². The Bertz CT molecular complexity index is 1260. The van der Waals surface area contributed by atoms with Crippen molar-refractivity contribution in [2.24, 2.45) is 0 Å². The molecule has 3 aromatic carbocycles. The molecule has 0 aliphatic heterocycles. The van der Waals surface area contributed by atoms with Crippen LogP contribution in [-0.2, 0) is 0 Å². The van der Waals surface area contributed by atoms with Crippen LogP contribution >= 0.6 is 0 Å². The Balaban J connectivity index is 1.57. The third kappa shape index (κ3) is 5.15. The van der Waals surface area contributed by atoms with Gasteiger partial charge in [-0.25, -0.2) is 0 Å². The number of carbonyl (C=O) groups excluding carboxylic acids is 1. The van der Waals surface area contributed by atoms with Crippen LogP contribution < -0.4 is 14.8 Å². The molecule has 0 saturated carbocycles. The van der Waals surface area contributed by atoms with E-state index in [1.807, 2.05) is 0 Å². The van der Waals surface area contributed by atoms with Crippen LogP contribution in [0.15, 0.2) is 71.3 Å². The molecule has 168 valence electrons. The molecule has 4 aromatic rings. The number of nitrogens with zero attached hydrogens (tertiary/aromatic N) is 2. The molecule has 1 amide bonds. The second-order valence-electron chi connectivity index (χ2n) is 7.00. The van der Waals surface area contributed by atoms with E-state index in [1.54, 1.807) is 61.5 Å². The molecule has 1 N–H and O–H groups in total. The lowest BCUT2D eigenvalue weighted by Gasteiger charge is -2.14. The van der Waals surface area contributed by atoms with Crippen molar-refractivity contribution in [1.82, 2.24) is 10.1 Å². The fourth-order valence-corrected chi connectivity index (χ4v) is 3.18. The lowest BCUT2D eigenvalue weighted by molar-refractivity contribution is -0.0494. The zero-order valence-corrected chi connectivity index (χ0v) is 17.7. The van der Waals surface area contributed by atoms with Gasteiger partial charge in [0.2, 0.25) is 0 Å². The number of nitrogens with one attached hydrogen (secondary N) is 1. The van der Waals surface area contributed by atoms with Crippen LogP contribution in [0.2, 0.25) is 0 Å². The van der Waals surface area contributed by atoms with Crippen LogP contribution in [-0.4, -0.2) is 29.8 Å². The van der Waals surface area contributed by atoms with Gasteiger partial charge in [-0.05, 0) is 67.1 Å². The average molecular weight is 451 g/mol. The molecular formula is C24H19F2N3O4. The van der Waals surface area contributed by atoms with E-state index in [-0.39, 0.29) is 11.7 Å². The molecule has 0 atom stereocenters. The second-order valence-corrected chi connectivity index (χ2v) is 7.00. The Hall–Kier alpha value is -4.27. The van der Waals surface area contributed by atoms with Gasteiger partial charge in [-0.3, -0.25) is 4.79 Å². The first-order valence-electron chi connectivity index (χ1n) is 9.88. The van der Waals surface area contributed by atoms with E-state index >= 15 is 0 Å². The van der Waals surface area contributed by atoms with E-state index < -0.39 is 6.61 Å². The van der Waals surface area contributed by atoms with Gasteiger partial charge in [-0.1, -0.05) is 17.3 Å². The summed E-state index contributed by atoms with van der Waals surface area (Å²) in [5.41, 5.74) is 2.53. The summed E-state index contributed by atoms with van der Waals surface area (Å²) in [7, 11) is 1.53. The molecule has 9 heteroatoms. The summed E-state index contributed by atoms with van der Waals surface area (Å²) in [6.07, 6.45) is 0. The number of rotatable bonds is 7. The number of amides is 1. The predicted molar refractivity (Wildman–Crippen MR) is 117 cm³/mol. The van der Waals surface area contributed by atoms with E-state index in [2.05, 4.69) is 20.2 Å². The van der Waals surface area contributed by atoms with Gasteiger partial charge in [0.15, 0.2) is 5.82 Å². The molecule has 0 unspecified atom stereocenters. The summed E-state index contributed by atoms with van der Waals surface area (Å²) in [6, 6.07) is 18.0. The van der Waals surface area contributed by atoms with Gasteiger partial charge < -0.3 is 19.3 Å². The maximum atomic E-state index is 12.9. The highest BCUT2D eigenvalue weighted by molar-refractivity contribution is 6.04. The standard InChI is InChI=1S/C24H19F2N3O4/c1-14-27-23(33-29-14)17-5-3-16(4-6-17)22(30)28-18-9-12-21(32-24(25)26)20(13-18)15-7-10-19(31-2)11-8-15/h3-13,24H,1-2H3,(H,28,30). The molecule has 4 rings (SSSR count). The van der Waals surface area contributed by atoms with Crippen molar-refractivity contribution < 1.29 is 27.6 Å². The van der Waals surface area contributed by atoms with Crippen molar-refractivity contribution in [3.63, 3.8) is 0 Å². The van der Waals surface area contributed by atoms with Crippen molar-refractivity contribution in [2.45, 2.75) is 13.5 Å². The summed E-state index contributed by atoms with van der Waals surface area (Å²) in [5, 5.41) is 6.52. The van der Waals surface area contributed by atoms with Crippen molar-refractivity contribution in [2.75, 3.05) is 12.4 Å². The topological polar surface area (TPSA) is 86.5 Å². The van der Waals surface area contributed by atoms with Crippen LogP contribution in [0, 0.1) is 6.92 Å². The summed E-state index contributed by atoms with van der Waals surface area (Å²) in [5.74, 6) is 1.12. The van der Waals surface area contributed by atoms with Crippen LogP contribution in [0.5, 0.6) is 11.5 Å². The minimum Gasteiger partial charge on any atom is -0.497 e. The molecule has 1 aromatic heterocycles. The zero-order chi connectivity index (χ0) is 23.4. The number of aromatic nitrogens is 2.